The van der Waals surface area contributed by atoms with Gasteiger partial charge >= 0.3 is 0 Å². The summed E-state index contributed by atoms with van der Waals surface area (Å²) in [7, 11) is 0. The molecular formula is C26H34F2N2O2S. The van der Waals surface area contributed by atoms with Crippen molar-refractivity contribution in [2.24, 2.45) is 0 Å². The number of hydrogen-bond acceptors (Lipinski definition) is 4. The summed E-state index contributed by atoms with van der Waals surface area (Å²) < 4.78 is 27.3. The second kappa shape index (κ2) is 11.4. The van der Waals surface area contributed by atoms with Gasteiger partial charge in [0.15, 0.2) is 0 Å². The van der Waals surface area contributed by atoms with Gasteiger partial charge in [-0.05, 0) is 65.5 Å². The number of amides is 1. The first-order valence-electron chi connectivity index (χ1n) is 11.5. The first-order chi connectivity index (χ1) is 15.7. The van der Waals surface area contributed by atoms with Crippen LogP contribution in [-0.4, -0.2) is 41.2 Å². The van der Waals surface area contributed by atoms with Gasteiger partial charge < -0.3 is 15.7 Å². The average Bonchev–Trinajstić information content (AvgIpc) is 2.77. The lowest BCUT2D eigenvalue weighted by atomic mass is 9.82. The zero-order valence-electron chi connectivity index (χ0n) is 19.5. The smallest absolute Gasteiger partial charge is 0.217 e. The van der Waals surface area contributed by atoms with Crippen LogP contribution < -0.4 is 10.6 Å². The number of aliphatic hydroxyl groups is 1. The molecule has 1 aliphatic heterocycles. The van der Waals surface area contributed by atoms with Crippen molar-refractivity contribution in [1.29, 1.82) is 0 Å². The van der Waals surface area contributed by atoms with Crippen molar-refractivity contribution in [2.75, 3.05) is 18.1 Å². The van der Waals surface area contributed by atoms with Gasteiger partial charge in [0.1, 0.15) is 11.6 Å². The highest BCUT2D eigenvalue weighted by Crippen LogP contribution is 2.37. The van der Waals surface area contributed by atoms with E-state index >= 15 is 0 Å². The number of benzene rings is 2. The van der Waals surface area contributed by atoms with E-state index in [2.05, 4.69) is 48.7 Å². The zero-order chi connectivity index (χ0) is 24.0. The lowest BCUT2D eigenvalue weighted by molar-refractivity contribution is -0.120. The van der Waals surface area contributed by atoms with Gasteiger partial charge in [-0.1, -0.05) is 38.1 Å². The molecule has 180 valence electrons. The highest BCUT2D eigenvalue weighted by Gasteiger charge is 2.35. The topological polar surface area (TPSA) is 61.4 Å². The van der Waals surface area contributed by atoms with Crippen LogP contribution in [0, 0.1) is 11.6 Å². The van der Waals surface area contributed by atoms with E-state index < -0.39 is 23.8 Å². The number of nitrogens with one attached hydrogen (secondary N) is 2. The maximum Gasteiger partial charge on any atom is 0.217 e. The molecule has 4 nitrogen and oxygen atoms in total. The van der Waals surface area contributed by atoms with Gasteiger partial charge in [0.2, 0.25) is 5.91 Å². The second-order valence-corrected chi connectivity index (χ2v) is 10.4. The quantitative estimate of drug-likeness (QED) is 0.499. The van der Waals surface area contributed by atoms with Gasteiger partial charge in [0.25, 0.3) is 0 Å². The van der Waals surface area contributed by atoms with E-state index in [9.17, 15) is 18.7 Å². The largest absolute Gasteiger partial charge is 0.390 e. The fraction of sp³-hybridized carbons (Fsp3) is 0.500. The van der Waals surface area contributed by atoms with Crippen molar-refractivity contribution < 1.29 is 18.7 Å². The molecule has 2 unspecified atom stereocenters. The fourth-order valence-corrected chi connectivity index (χ4v) is 5.64. The minimum Gasteiger partial charge on any atom is -0.390 e. The molecule has 0 spiro atoms. The van der Waals surface area contributed by atoms with Crippen molar-refractivity contribution in [1.82, 2.24) is 10.6 Å². The molecule has 0 radical (unpaired) electrons. The maximum absolute atomic E-state index is 13.7. The Balaban J connectivity index is 1.78. The van der Waals surface area contributed by atoms with E-state index in [1.54, 1.807) is 0 Å². The molecule has 1 aliphatic rings. The Labute approximate surface area is 199 Å². The molecule has 2 aromatic rings. The molecule has 1 fully saturated rings. The molecule has 3 N–H and O–H groups in total. The van der Waals surface area contributed by atoms with E-state index in [-0.39, 0.29) is 24.4 Å². The molecule has 7 heteroatoms. The summed E-state index contributed by atoms with van der Waals surface area (Å²) in [6.07, 6.45) is 1.07. The van der Waals surface area contributed by atoms with Crippen LogP contribution in [0.1, 0.15) is 56.2 Å². The molecule has 1 amide bonds. The predicted molar refractivity (Wildman–Crippen MR) is 130 cm³/mol. The Morgan fingerprint density at radius 1 is 1.12 bits per heavy atom. The third-order valence-electron chi connectivity index (χ3n) is 6.33. The van der Waals surface area contributed by atoms with Gasteiger partial charge in [-0.15, -0.1) is 0 Å². The monoisotopic (exact) mass is 476 g/mol. The van der Waals surface area contributed by atoms with Crippen LogP contribution in [0.2, 0.25) is 0 Å². The van der Waals surface area contributed by atoms with Crippen molar-refractivity contribution in [2.45, 2.75) is 63.6 Å². The van der Waals surface area contributed by atoms with E-state index in [1.165, 1.54) is 30.2 Å². The average molecular weight is 477 g/mol. The van der Waals surface area contributed by atoms with E-state index in [4.69, 9.17) is 0 Å². The standard InChI is InChI=1S/C26H34F2N2O2S/c1-17(2)20-5-4-6-21(14-20)26(7-9-33-10-8-26)29-16-25(32)24(30-18(3)31)13-19-11-22(27)15-23(28)12-19/h4-6,11-12,14-15,17,24-25,29,32H,7-10,13,16H2,1-3H3,(H,30,31). The third-order valence-corrected chi connectivity index (χ3v) is 7.32. The Morgan fingerprint density at radius 2 is 1.79 bits per heavy atom. The lowest BCUT2D eigenvalue weighted by Crippen LogP contribution is -2.53. The Kier molecular flexibility index (Phi) is 8.90. The number of hydrogen-bond donors (Lipinski definition) is 3. The predicted octanol–water partition coefficient (Wildman–Crippen LogP) is 4.51. The van der Waals surface area contributed by atoms with Gasteiger partial charge in [-0.3, -0.25) is 4.79 Å². The molecule has 0 saturated carbocycles. The minimum atomic E-state index is -0.931. The summed E-state index contributed by atoms with van der Waals surface area (Å²) in [5, 5.41) is 17.4. The normalized spacial score (nSPS) is 17.5. The first-order valence-corrected chi connectivity index (χ1v) is 12.7. The molecular weight excluding hydrogens is 442 g/mol. The van der Waals surface area contributed by atoms with Crippen molar-refractivity contribution >= 4 is 17.7 Å². The van der Waals surface area contributed by atoms with Crippen LogP contribution in [0.25, 0.3) is 0 Å². The van der Waals surface area contributed by atoms with Crippen molar-refractivity contribution in [3.63, 3.8) is 0 Å². The summed E-state index contributed by atoms with van der Waals surface area (Å²) in [6, 6.07) is 11.2. The van der Waals surface area contributed by atoms with Crippen LogP contribution in [0.3, 0.4) is 0 Å². The minimum absolute atomic E-state index is 0.128. The molecule has 33 heavy (non-hydrogen) atoms. The van der Waals surface area contributed by atoms with Crippen LogP contribution >= 0.6 is 11.8 Å². The Morgan fingerprint density at radius 3 is 2.39 bits per heavy atom. The number of rotatable bonds is 9. The summed E-state index contributed by atoms with van der Waals surface area (Å²) in [5.41, 5.74) is 2.61. The number of thioether (sulfide) groups is 1. The first kappa shape index (κ1) is 25.7. The molecule has 2 atom stereocenters. The number of aliphatic hydroxyl groups excluding tert-OH is 1. The van der Waals surface area contributed by atoms with E-state index in [1.807, 2.05) is 11.8 Å². The molecule has 0 aromatic heterocycles. The van der Waals surface area contributed by atoms with E-state index in [0.717, 1.165) is 30.4 Å². The van der Waals surface area contributed by atoms with Crippen molar-refractivity contribution in [3.05, 3.63) is 70.8 Å². The fourth-order valence-electron chi connectivity index (χ4n) is 4.45. The molecule has 1 heterocycles. The molecule has 2 aromatic carbocycles. The SMILES string of the molecule is CC(=O)NC(Cc1cc(F)cc(F)c1)C(O)CNC1(c2cccc(C(C)C)c2)CCSCC1. The highest BCUT2D eigenvalue weighted by atomic mass is 32.2. The zero-order valence-corrected chi connectivity index (χ0v) is 20.4. The van der Waals surface area contributed by atoms with Crippen molar-refractivity contribution in [3.8, 4) is 0 Å². The van der Waals surface area contributed by atoms with Gasteiger partial charge in [-0.2, -0.15) is 11.8 Å². The summed E-state index contributed by atoms with van der Waals surface area (Å²) in [5.74, 6) is 0.802. The van der Waals surface area contributed by atoms with Gasteiger partial charge in [0, 0.05) is 25.1 Å². The van der Waals surface area contributed by atoms with Gasteiger partial charge in [0.05, 0.1) is 12.1 Å². The second-order valence-electron chi connectivity index (χ2n) is 9.21. The summed E-state index contributed by atoms with van der Waals surface area (Å²) in [6.45, 7) is 5.97. The molecule has 1 saturated heterocycles. The van der Waals surface area contributed by atoms with Crippen LogP contribution in [0.4, 0.5) is 8.78 Å². The number of carbonyl (C=O) groups excluding carboxylic acids is 1. The number of halogens is 2. The number of carbonyl (C=O) groups is 1. The third kappa shape index (κ3) is 7.01. The van der Waals surface area contributed by atoms with E-state index in [0.29, 0.717) is 11.5 Å². The molecule has 3 rings (SSSR count). The summed E-state index contributed by atoms with van der Waals surface area (Å²) in [4.78, 5) is 11.8. The summed E-state index contributed by atoms with van der Waals surface area (Å²) >= 11 is 1.93. The van der Waals surface area contributed by atoms with Crippen LogP contribution in [-0.2, 0) is 16.8 Å². The lowest BCUT2D eigenvalue weighted by Gasteiger charge is -2.40. The molecule has 0 bridgehead atoms. The Bertz CT molecular complexity index is 927. The van der Waals surface area contributed by atoms with Crippen LogP contribution in [0.5, 0.6) is 0 Å². The maximum atomic E-state index is 13.7. The Hall–Kier alpha value is -1.96. The van der Waals surface area contributed by atoms with Gasteiger partial charge in [-0.25, -0.2) is 8.78 Å². The highest BCUT2D eigenvalue weighted by molar-refractivity contribution is 7.99. The van der Waals surface area contributed by atoms with Crippen LogP contribution in [0.15, 0.2) is 42.5 Å². The molecule has 0 aliphatic carbocycles.